The maximum Gasteiger partial charge on any atom is 0.411 e. The van der Waals surface area contributed by atoms with Gasteiger partial charge in [0.1, 0.15) is 30.5 Å². The first kappa shape index (κ1) is 73.1. The highest BCUT2D eigenvalue weighted by Gasteiger charge is 2.57. The average molecular weight is 1360 g/mol. The number of fused-ring (bicyclic) bond motifs is 2. The minimum Gasteiger partial charge on any atom is -0.493 e. The Morgan fingerprint density at radius 2 is 1.56 bits per heavy atom. The molecule has 19 atom stereocenters. The van der Waals surface area contributed by atoms with Crippen LogP contribution in [0.4, 0.5) is 10.5 Å². The largest absolute Gasteiger partial charge is 0.493 e. The van der Waals surface area contributed by atoms with Gasteiger partial charge in [-0.25, -0.2) is 9.59 Å². The summed E-state index contributed by atoms with van der Waals surface area (Å²) in [6.07, 6.45) is -11.7. The molecule has 4 fully saturated rings. The molecule has 7 rings (SSSR count). The molecule has 4 aliphatic heterocycles. The number of hydrogen-bond acceptors (Lipinski definition) is 29. The molecule has 0 unspecified atom stereocenters. The van der Waals surface area contributed by atoms with Crippen molar-refractivity contribution in [3.05, 3.63) is 65.1 Å². The lowest BCUT2D eigenvalue weighted by atomic mass is 9.73. The number of methoxy groups -OCH3 is 5. The van der Waals surface area contributed by atoms with Crippen molar-refractivity contribution in [2.45, 2.75) is 175 Å². The van der Waals surface area contributed by atoms with E-state index < -0.39 is 134 Å². The summed E-state index contributed by atoms with van der Waals surface area (Å²) >= 11 is 1.47. The van der Waals surface area contributed by atoms with Gasteiger partial charge in [0.25, 0.3) is 5.91 Å². The van der Waals surface area contributed by atoms with Gasteiger partial charge in [0.15, 0.2) is 54.1 Å². The third-order valence-electron chi connectivity index (χ3n) is 15.3. The summed E-state index contributed by atoms with van der Waals surface area (Å²) in [5.74, 6) is 8.62. The van der Waals surface area contributed by atoms with Crippen LogP contribution in [0.3, 0.4) is 0 Å². The van der Waals surface area contributed by atoms with E-state index in [0.29, 0.717) is 0 Å². The number of rotatable bonds is 26. The van der Waals surface area contributed by atoms with Gasteiger partial charge in [0.05, 0.1) is 99.8 Å². The van der Waals surface area contributed by atoms with E-state index in [1.165, 1.54) is 106 Å². The summed E-state index contributed by atoms with van der Waals surface area (Å²) < 4.78 is 78.0. The van der Waals surface area contributed by atoms with Crippen molar-refractivity contribution in [1.82, 2.24) is 16.1 Å². The van der Waals surface area contributed by atoms with E-state index in [0.717, 1.165) is 7.11 Å². The smallest absolute Gasteiger partial charge is 0.411 e. The number of hydroxylamine groups is 1. The molecule has 1 aromatic rings. The van der Waals surface area contributed by atoms with Crippen molar-refractivity contribution in [1.29, 1.82) is 0 Å². The summed E-state index contributed by atoms with van der Waals surface area (Å²) in [7, 11) is 12.3. The van der Waals surface area contributed by atoms with Crippen molar-refractivity contribution in [3.63, 3.8) is 0 Å². The maximum atomic E-state index is 15.6. The highest BCUT2D eigenvalue weighted by molar-refractivity contribution is 9.26. The molecule has 498 valence electrons. The molecule has 31 heteroatoms. The van der Waals surface area contributed by atoms with Crippen LogP contribution in [0.2, 0.25) is 0 Å². The Labute approximate surface area is 542 Å². The minimum absolute atomic E-state index is 0.0839. The average Bonchev–Trinajstić information content (AvgIpc) is 0.759. The molecule has 2 aliphatic carbocycles. The number of nitrogens with one attached hydrogen (secondary N) is 4. The van der Waals surface area contributed by atoms with E-state index in [-0.39, 0.29) is 88.3 Å². The number of carbonyl (C=O) groups excluding carboxylic acids is 4. The van der Waals surface area contributed by atoms with Gasteiger partial charge < -0.3 is 92.6 Å². The molecule has 1 aromatic carbocycles. The third kappa shape index (κ3) is 17.9. The highest BCUT2D eigenvalue weighted by atomic mass is 33.7. The number of carbonyl (C=O) groups is 4. The van der Waals surface area contributed by atoms with Crippen LogP contribution >= 0.6 is 53.0 Å². The van der Waals surface area contributed by atoms with Gasteiger partial charge in [-0.2, -0.15) is 17.2 Å². The van der Waals surface area contributed by atoms with Crippen LogP contribution < -0.4 is 30.9 Å². The van der Waals surface area contributed by atoms with Crippen LogP contribution in [-0.4, -0.2) is 226 Å². The Morgan fingerprint density at radius 1 is 0.844 bits per heavy atom. The molecule has 0 saturated carbocycles. The van der Waals surface area contributed by atoms with E-state index >= 15 is 4.79 Å². The van der Waals surface area contributed by atoms with Gasteiger partial charge in [-0.3, -0.25) is 19.7 Å². The molecule has 26 nitrogen and oxygen atoms in total. The number of amides is 2. The van der Waals surface area contributed by atoms with E-state index in [1.807, 2.05) is 33.3 Å². The molecule has 4 saturated heterocycles. The van der Waals surface area contributed by atoms with E-state index in [9.17, 15) is 34.8 Å². The number of Topliss-reactive ketones (excluding diaryl/α,β-unsaturated/α-hetero) is 1. The highest BCUT2D eigenvalue weighted by Crippen LogP contribution is 2.46. The number of thioether (sulfide) groups is 1. The summed E-state index contributed by atoms with van der Waals surface area (Å²) in [4.78, 5) is 62.6. The fourth-order valence-electron chi connectivity index (χ4n) is 10.8. The zero-order valence-corrected chi connectivity index (χ0v) is 55.9. The number of aliphatic hydroxyl groups excluding tert-OH is 3. The molecular weight excluding hydrogens is 1280 g/mol. The van der Waals surface area contributed by atoms with E-state index in [4.69, 9.17) is 66.4 Å². The predicted molar refractivity (Wildman–Crippen MR) is 337 cm³/mol. The summed E-state index contributed by atoms with van der Waals surface area (Å²) in [5.41, 5.74) is -0.959. The van der Waals surface area contributed by atoms with E-state index in [2.05, 4.69) is 51.7 Å². The monoisotopic (exact) mass is 1360 g/mol. The number of alkyl carbamates (subject to hydrolysis) is 1. The van der Waals surface area contributed by atoms with Gasteiger partial charge in [0, 0.05) is 61.4 Å². The summed E-state index contributed by atoms with van der Waals surface area (Å²) in [6.45, 7) is 12.6. The first-order valence-corrected chi connectivity index (χ1v) is 35.3. The molecule has 90 heavy (non-hydrogen) atoms. The molecule has 6 aliphatic rings. The molecular formula is C59H80N4O22S5. The van der Waals surface area contributed by atoms with Crippen LogP contribution in [0.5, 0.6) is 11.5 Å². The van der Waals surface area contributed by atoms with Gasteiger partial charge in [-0.1, -0.05) is 71.8 Å². The zero-order valence-electron chi connectivity index (χ0n) is 51.8. The Morgan fingerprint density at radius 3 is 2.22 bits per heavy atom. The van der Waals surface area contributed by atoms with E-state index in [1.54, 1.807) is 20.1 Å². The van der Waals surface area contributed by atoms with Gasteiger partial charge in [-0.05, 0) is 65.1 Å². The third-order valence-corrected chi connectivity index (χ3v) is 22.5. The second kappa shape index (κ2) is 34.2. The number of ether oxygens (including phenoxy) is 13. The van der Waals surface area contributed by atoms with Crippen molar-refractivity contribution < 1.29 is 106 Å². The Bertz CT molecular complexity index is 2910. The summed E-state index contributed by atoms with van der Waals surface area (Å²) in [6, 6.07) is 1.39. The SMILES string of the molecule is C=C(OC)C(=O)Nc1cc(OC)c(OC)cc1C(=O)O[C@H]1C[C@H](O[C@@H]2C(=O)C(NC(=O)OC)=C3/C(=C\CSSSSC)[C@]2(O)C#C/C=C\C#C[C@@H]3O[C@H]2O[C@@H](C)[C@H](NO[C@@H]3C[C@H](O)[C@@H](SC)[C@@H](C)O3)[C@@H](O)[C@@H]2O[C@H]2C[C@@H](OC)[C@@H](NC(C)C)CO2)O[C@H](C)[C@@H]1O. The molecule has 0 spiro atoms. The second-order valence-electron chi connectivity index (χ2n) is 21.5. The van der Waals surface area contributed by atoms with Gasteiger partial charge >= 0.3 is 12.1 Å². The number of ketones is 1. The Balaban J connectivity index is 1.27. The van der Waals surface area contributed by atoms with Crippen LogP contribution in [-0.2, 0) is 66.5 Å². The number of allylic oxidation sites excluding steroid dienone is 2. The summed E-state index contributed by atoms with van der Waals surface area (Å²) in [5, 5.41) is 56.9. The van der Waals surface area contributed by atoms with Gasteiger partial charge in [-0.15, -0.1) is 0 Å². The maximum absolute atomic E-state index is 15.6. The van der Waals surface area contributed by atoms with Crippen molar-refractivity contribution in [2.75, 3.05) is 65.7 Å². The minimum atomic E-state index is -2.67. The quantitative estimate of drug-likeness (QED) is 0.0123. The first-order valence-electron chi connectivity index (χ1n) is 28.6. The predicted octanol–water partition coefficient (Wildman–Crippen LogP) is 4.06. The molecule has 2 bridgehead atoms. The molecule has 2 amide bonds. The topological polar surface area (TPSA) is 327 Å². The lowest BCUT2D eigenvalue weighted by Gasteiger charge is -2.47. The molecule has 0 radical (unpaired) electrons. The normalized spacial score (nSPS) is 34.2. The van der Waals surface area contributed by atoms with Crippen LogP contribution in [0.25, 0.3) is 0 Å². The number of hydrogen-bond donors (Lipinski definition) is 8. The standard InChI is InChI=1S/C59H80N4O22S5/c1-28(2)60-36-27-77-43(25-39(36)73-8)83-52-50(66)47(63-85-45-24-37(64)53(86-12)31(5)79-45)29(3)80-57(52)82-38-18-16-14-15-17-20-59(71)34(19-21-88-90-89-87-13)46(38)48(62-58(70)76-11)51(67)54(59)84-44-26-42(49(65)30(4)78-44)81-56(69)33-22-40(74-9)41(75-10)23-35(33)61-55(68)32(6)72-7/h14-15,19,22-23,28-31,36-39,42-45,47,49-50,52-54,57,60,63-66,71H,6,21,24-27H2,1-5,7-13H3,(H,61,68)(H,62,70)/b15-14-,34-19+/t29-,30+,31+,36-,37-,38-,39+,42-,43-,44-,45+,47-,49-,50+,52-,53-,54+,57+,59+/m0/s1. The fourth-order valence-corrected chi connectivity index (χ4v) is 16.6. The first-order chi connectivity index (χ1) is 43.0. The number of anilines is 1. The second-order valence-corrected chi connectivity index (χ2v) is 28.6. The lowest BCUT2D eigenvalue weighted by Crippen LogP contribution is -2.65. The van der Waals surface area contributed by atoms with Crippen molar-refractivity contribution in [3.8, 4) is 35.2 Å². The van der Waals surface area contributed by atoms with Crippen LogP contribution in [0, 0.1) is 23.7 Å². The van der Waals surface area contributed by atoms with Crippen molar-refractivity contribution in [2.24, 2.45) is 0 Å². The Hall–Kier alpha value is -4.27. The molecule has 0 aromatic heterocycles. The number of benzene rings is 1. The number of esters is 1. The van der Waals surface area contributed by atoms with Gasteiger partial charge in [0.2, 0.25) is 5.78 Å². The zero-order chi connectivity index (χ0) is 65.6. The van der Waals surface area contributed by atoms with Crippen LogP contribution in [0.15, 0.2) is 59.5 Å². The molecule has 4 heterocycles. The van der Waals surface area contributed by atoms with Crippen molar-refractivity contribution >= 4 is 82.4 Å². The Kier molecular flexibility index (Phi) is 27.8. The lowest BCUT2D eigenvalue weighted by molar-refractivity contribution is -0.336. The molecule has 8 N–H and O–H groups in total. The van der Waals surface area contributed by atoms with Crippen LogP contribution in [0.1, 0.15) is 64.2 Å². The number of aliphatic hydroxyl groups is 4. The fraction of sp³-hybridized carbons (Fsp3) is 0.627.